The van der Waals surface area contributed by atoms with Crippen molar-refractivity contribution in [1.29, 1.82) is 0 Å². The Balaban J connectivity index is 1.79. The Bertz CT molecular complexity index is 1370. The van der Waals surface area contributed by atoms with Crippen LogP contribution in [-0.2, 0) is 4.52 Å². The summed E-state index contributed by atoms with van der Waals surface area (Å²) in [6.07, 6.45) is -0.236. The van der Waals surface area contributed by atoms with E-state index in [1.807, 2.05) is 12.1 Å². The van der Waals surface area contributed by atoms with E-state index in [4.69, 9.17) is 9.26 Å². The number of rotatable bonds is 5. The topological polar surface area (TPSA) is 18.5 Å². The maximum atomic E-state index is 7.73. The minimum absolute atomic E-state index is 0.236. The van der Waals surface area contributed by atoms with E-state index in [0.29, 0.717) is 0 Å². The molecule has 0 aromatic heterocycles. The molecule has 5 aromatic rings. The number of methoxy groups -OCH3 is 1. The van der Waals surface area contributed by atoms with Crippen LogP contribution in [-0.4, -0.2) is 7.11 Å². The Hall–Kier alpha value is -3.71. The monoisotopic (exact) mass is 474 g/mol. The molecule has 1 aliphatic heterocycles. The van der Waals surface area contributed by atoms with Crippen molar-refractivity contribution in [1.82, 2.24) is 0 Å². The number of benzene rings is 5. The third kappa shape index (κ3) is 3.04. The molecule has 0 aliphatic carbocycles. The molecule has 172 valence electrons. The molecular formula is C32H27O2P. The van der Waals surface area contributed by atoms with Crippen LogP contribution >= 0.6 is 6.83 Å². The summed E-state index contributed by atoms with van der Waals surface area (Å²) in [6, 6.07) is 49.4. The van der Waals surface area contributed by atoms with Crippen molar-refractivity contribution < 1.29 is 9.26 Å². The molecule has 0 spiro atoms. The zero-order chi connectivity index (χ0) is 23.7. The first-order valence-electron chi connectivity index (χ1n) is 11.9. The molecule has 1 aliphatic rings. The second-order valence-corrected chi connectivity index (χ2v) is 13.2. The van der Waals surface area contributed by atoms with Gasteiger partial charge in [-0.3, -0.25) is 0 Å². The molecule has 0 N–H and O–H groups in total. The van der Waals surface area contributed by atoms with E-state index >= 15 is 0 Å². The summed E-state index contributed by atoms with van der Waals surface area (Å²) in [5, 5.41) is 4.87. The van der Waals surface area contributed by atoms with Gasteiger partial charge in [-0.2, -0.15) is 0 Å². The summed E-state index contributed by atoms with van der Waals surface area (Å²) in [4.78, 5) is 0. The van der Waals surface area contributed by atoms with Crippen LogP contribution in [0.15, 0.2) is 140 Å². The Morgan fingerprint density at radius 1 is 0.571 bits per heavy atom. The van der Waals surface area contributed by atoms with Gasteiger partial charge in [0, 0.05) is 0 Å². The number of fused-ring (bicyclic) bond motifs is 1. The van der Waals surface area contributed by atoms with Crippen molar-refractivity contribution in [2.75, 3.05) is 7.11 Å². The van der Waals surface area contributed by atoms with E-state index in [0.717, 1.165) is 11.3 Å². The number of hydrogen-bond donors (Lipinski definition) is 0. The molecule has 35 heavy (non-hydrogen) atoms. The molecule has 1 unspecified atom stereocenters. The molecule has 0 radical (unpaired) electrons. The molecule has 0 fully saturated rings. The summed E-state index contributed by atoms with van der Waals surface area (Å²) in [5.74, 6) is 0.829. The van der Waals surface area contributed by atoms with Gasteiger partial charge in [-0.05, 0) is 0 Å². The second kappa shape index (κ2) is 8.50. The van der Waals surface area contributed by atoms with E-state index < -0.39 is 6.83 Å². The Kier molecular flexibility index (Phi) is 5.29. The molecule has 1 atom stereocenters. The standard InChI is InChI=1S/C32H27O2P/c1-33-26-15-13-14-25(24-26)32-30-22-11-12-23-31(30)35(34-32,27-16-5-2-6-17-27,28-18-7-3-8-19-28)29-20-9-4-10-21-29/h2-24,32H,1H3. The first-order chi connectivity index (χ1) is 17.3. The van der Waals surface area contributed by atoms with E-state index in [1.54, 1.807) is 7.11 Å². The van der Waals surface area contributed by atoms with E-state index in [9.17, 15) is 0 Å². The van der Waals surface area contributed by atoms with Gasteiger partial charge in [0.15, 0.2) is 0 Å². The first-order valence-corrected chi connectivity index (χ1v) is 14.0. The van der Waals surface area contributed by atoms with E-state index in [-0.39, 0.29) is 6.10 Å². The molecule has 2 nitrogen and oxygen atoms in total. The second-order valence-electron chi connectivity index (χ2n) is 8.86. The SMILES string of the molecule is COc1cccc(C2OP(c3ccccc3)(c3ccccc3)(c3ccccc3)c3ccccc32)c1. The molecular weight excluding hydrogens is 447 g/mol. The van der Waals surface area contributed by atoms with Gasteiger partial charge < -0.3 is 0 Å². The van der Waals surface area contributed by atoms with Gasteiger partial charge in [0.1, 0.15) is 0 Å². The predicted molar refractivity (Wildman–Crippen MR) is 147 cm³/mol. The van der Waals surface area contributed by atoms with Gasteiger partial charge in [0.2, 0.25) is 0 Å². The number of hydrogen-bond acceptors (Lipinski definition) is 2. The molecule has 3 heteroatoms. The third-order valence-electron chi connectivity index (χ3n) is 7.14. The fraction of sp³-hybridized carbons (Fsp3) is 0.0625. The Morgan fingerprint density at radius 2 is 1.09 bits per heavy atom. The molecule has 5 aromatic carbocycles. The average Bonchev–Trinajstić information content (AvgIpc) is 3.28. The molecule has 0 amide bonds. The Morgan fingerprint density at radius 3 is 1.63 bits per heavy atom. The molecule has 6 rings (SSSR count). The van der Waals surface area contributed by atoms with Crippen LogP contribution in [0.1, 0.15) is 17.2 Å². The van der Waals surface area contributed by atoms with Crippen molar-refractivity contribution in [2.45, 2.75) is 6.10 Å². The quantitative estimate of drug-likeness (QED) is 0.296. The van der Waals surface area contributed by atoms with Crippen LogP contribution in [0.3, 0.4) is 0 Å². The van der Waals surface area contributed by atoms with Gasteiger partial charge in [-0.15, -0.1) is 0 Å². The normalized spacial score (nSPS) is 18.7. The minimum atomic E-state index is -3.58. The summed E-state index contributed by atoms with van der Waals surface area (Å²) >= 11 is 0. The van der Waals surface area contributed by atoms with Crippen molar-refractivity contribution >= 4 is 28.0 Å². The molecule has 0 saturated heterocycles. The average molecular weight is 475 g/mol. The van der Waals surface area contributed by atoms with Crippen LogP contribution in [0.25, 0.3) is 0 Å². The predicted octanol–water partition coefficient (Wildman–Crippen LogP) is 5.88. The first kappa shape index (κ1) is 21.8. The van der Waals surface area contributed by atoms with E-state index in [1.165, 1.54) is 26.8 Å². The fourth-order valence-corrected chi connectivity index (χ4v) is 11.8. The summed E-state index contributed by atoms with van der Waals surface area (Å²) < 4.78 is 13.3. The van der Waals surface area contributed by atoms with Crippen LogP contribution in [0, 0.1) is 0 Å². The zero-order valence-corrected chi connectivity index (χ0v) is 20.5. The summed E-state index contributed by atoms with van der Waals surface area (Å²) in [6.45, 7) is -3.58. The van der Waals surface area contributed by atoms with Crippen LogP contribution < -0.4 is 26.0 Å². The van der Waals surface area contributed by atoms with Crippen molar-refractivity contribution in [3.63, 3.8) is 0 Å². The van der Waals surface area contributed by atoms with Gasteiger partial charge in [0.05, 0.1) is 0 Å². The summed E-state index contributed by atoms with van der Waals surface area (Å²) in [5.41, 5.74) is 2.29. The zero-order valence-electron chi connectivity index (χ0n) is 19.6. The van der Waals surface area contributed by atoms with Gasteiger partial charge >= 0.3 is 207 Å². The third-order valence-corrected chi connectivity index (χ3v) is 12.9. The molecule has 0 bridgehead atoms. The number of ether oxygens (including phenoxy) is 1. The van der Waals surface area contributed by atoms with Crippen molar-refractivity contribution in [2.24, 2.45) is 0 Å². The summed E-state index contributed by atoms with van der Waals surface area (Å²) in [7, 11) is 1.71. The van der Waals surface area contributed by atoms with Crippen LogP contribution in [0.4, 0.5) is 0 Å². The fourth-order valence-electron chi connectivity index (χ4n) is 5.65. The molecule has 1 heterocycles. The van der Waals surface area contributed by atoms with E-state index in [2.05, 4.69) is 127 Å². The van der Waals surface area contributed by atoms with Crippen LogP contribution in [0.2, 0.25) is 0 Å². The van der Waals surface area contributed by atoms with Crippen molar-refractivity contribution in [3.8, 4) is 5.75 Å². The Labute approximate surface area is 206 Å². The molecule has 0 saturated carbocycles. The van der Waals surface area contributed by atoms with Gasteiger partial charge in [-0.25, -0.2) is 0 Å². The van der Waals surface area contributed by atoms with Crippen LogP contribution in [0.5, 0.6) is 5.75 Å². The maximum absolute atomic E-state index is 7.73. The van der Waals surface area contributed by atoms with Gasteiger partial charge in [0.25, 0.3) is 0 Å². The van der Waals surface area contributed by atoms with Gasteiger partial charge in [-0.1, -0.05) is 0 Å². The van der Waals surface area contributed by atoms with Crippen molar-refractivity contribution in [3.05, 3.63) is 151 Å².